The predicted octanol–water partition coefficient (Wildman–Crippen LogP) is 0.665. The molecular formula is C12H21N5O2. The first-order valence-corrected chi connectivity index (χ1v) is 6.76. The number of anilines is 2. The zero-order valence-corrected chi connectivity index (χ0v) is 11.3. The predicted molar refractivity (Wildman–Crippen MR) is 72.6 cm³/mol. The SMILES string of the molecule is CNc1nc(OCCCO)nc(N2CCCCC2)n1. The lowest BCUT2D eigenvalue weighted by Crippen LogP contribution is -2.31. The Morgan fingerprint density at radius 1 is 1.21 bits per heavy atom. The molecular weight excluding hydrogens is 246 g/mol. The smallest absolute Gasteiger partial charge is 0.323 e. The number of hydrogen-bond donors (Lipinski definition) is 2. The molecule has 1 fully saturated rings. The van der Waals surface area contributed by atoms with Crippen molar-refractivity contribution < 1.29 is 9.84 Å². The van der Waals surface area contributed by atoms with Crippen LogP contribution in [0.15, 0.2) is 0 Å². The van der Waals surface area contributed by atoms with Crippen molar-refractivity contribution in [1.29, 1.82) is 0 Å². The van der Waals surface area contributed by atoms with Crippen molar-refractivity contribution in [3.05, 3.63) is 0 Å². The molecule has 2 N–H and O–H groups in total. The monoisotopic (exact) mass is 267 g/mol. The van der Waals surface area contributed by atoms with Crippen molar-refractivity contribution in [3.63, 3.8) is 0 Å². The minimum absolute atomic E-state index is 0.100. The fraction of sp³-hybridized carbons (Fsp3) is 0.750. The number of aliphatic hydroxyl groups is 1. The number of rotatable bonds is 6. The first-order chi connectivity index (χ1) is 9.33. The maximum absolute atomic E-state index is 8.75. The van der Waals surface area contributed by atoms with Crippen molar-refractivity contribution in [2.75, 3.05) is 43.6 Å². The summed E-state index contributed by atoms with van der Waals surface area (Å²) >= 11 is 0. The molecule has 1 aliphatic heterocycles. The molecule has 0 bridgehead atoms. The van der Waals surface area contributed by atoms with Crippen molar-refractivity contribution in [2.24, 2.45) is 0 Å². The first kappa shape index (κ1) is 13.8. The third-order valence-electron chi connectivity index (χ3n) is 3.00. The average molecular weight is 267 g/mol. The van der Waals surface area contributed by atoms with Gasteiger partial charge in [0.05, 0.1) is 6.61 Å². The fourth-order valence-electron chi connectivity index (χ4n) is 1.99. The van der Waals surface area contributed by atoms with Crippen LogP contribution in [-0.4, -0.2) is 53.4 Å². The Hall–Kier alpha value is -1.63. The molecule has 1 aromatic heterocycles. The van der Waals surface area contributed by atoms with Crippen molar-refractivity contribution in [2.45, 2.75) is 25.7 Å². The van der Waals surface area contributed by atoms with Crippen LogP contribution >= 0.6 is 0 Å². The summed E-state index contributed by atoms with van der Waals surface area (Å²) in [6, 6.07) is 0.313. The van der Waals surface area contributed by atoms with Gasteiger partial charge < -0.3 is 20.1 Å². The number of hydrogen-bond acceptors (Lipinski definition) is 7. The molecule has 0 atom stereocenters. The Kier molecular flexibility index (Phi) is 5.14. The lowest BCUT2D eigenvalue weighted by atomic mass is 10.1. The molecule has 2 rings (SSSR count). The third kappa shape index (κ3) is 3.92. The minimum atomic E-state index is 0.100. The van der Waals surface area contributed by atoms with Crippen LogP contribution in [0.2, 0.25) is 0 Å². The highest BCUT2D eigenvalue weighted by Crippen LogP contribution is 2.19. The summed E-state index contributed by atoms with van der Waals surface area (Å²) < 4.78 is 5.43. The van der Waals surface area contributed by atoms with Crippen LogP contribution in [0.4, 0.5) is 11.9 Å². The molecule has 0 unspecified atom stereocenters. The molecule has 106 valence electrons. The van der Waals surface area contributed by atoms with Crippen LogP contribution in [0.25, 0.3) is 0 Å². The van der Waals surface area contributed by atoms with Gasteiger partial charge in [-0.2, -0.15) is 15.0 Å². The quantitative estimate of drug-likeness (QED) is 0.733. The van der Waals surface area contributed by atoms with E-state index in [1.165, 1.54) is 19.3 Å². The number of piperidine rings is 1. The van der Waals surface area contributed by atoms with Crippen LogP contribution in [0.5, 0.6) is 6.01 Å². The summed E-state index contributed by atoms with van der Waals surface area (Å²) in [5, 5.41) is 11.7. The Bertz CT molecular complexity index is 396. The van der Waals surface area contributed by atoms with Gasteiger partial charge in [-0.05, 0) is 19.3 Å². The van der Waals surface area contributed by atoms with E-state index in [9.17, 15) is 0 Å². The van der Waals surface area contributed by atoms with Crippen molar-refractivity contribution >= 4 is 11.9 Å². The zero-order valence-electron chi connectivity index (χ0n) is 11.3. The number of ether oxygens (including phenoxy) is 1. The second kappa shape index (κ2) is 7.08. The van der Waals surface area contributed by atoms with Crippen LogP contribution < -0.4 is 15.0 Å². The Balaban J connectivity index is 2.10. The van der Waals surface area contributed by atoms with Gasteiger partial charge in [-0.25, -0.2) is 0 Å². The molecule has 19 heavy (non-hydrogen) atoms. The molecule has 0 radical (unpaired) electrons. The van der Waals surface area contributed by atoms with Crippen LogP contribution in [0.1, 0.15) is 25.7 Å². The molecule has 7 nitrogen and oxygen atoms in total. The van der Waals surface area contributed by atoms with Gasteiger partial charge >= 0.3 is 6.01 Å². The highest BCUT2D eigenvalue weighted by molar-refractivity contribution is 5.38. The summed E-state index contributed by atoms with van der Waals surface area (Å²) in [5.41, 5.74) is 0. The average Bonchev–Trinajstić information content (AvgIpc) is 2.48. The molecule has 1 aromatic rings. The van der Waals surface area contributed by atoms with Gasteiger partial charge in [0.25, 0.3) is 0 Å². The second-order valence-corrected chi connectivity index (χ2v) is 4.46. The van der Waals surface area contributed by atoms with E-state index < -0.39 is 0 Å². The largest absolute Gasteiger partial charge is 0.463 e. The van der Waals surface area contributed by atoms with E-state index in [2.05, 4.69) is 25.2 Å². The van der Waals surface area contributed by atoms with E-state index in [-0.39, 0.29) is 6.61 Å². The van der Waals surface area contributed by atoms with Crippen molar-refractivity contribution in [3.8, 4) is 6.01 Å². The summed E-state index contributed by atoms with van der Waals surface area (Å²) in [5.74, 6) is 1.17. The number of aliphatic hydroxyl groups excluding tert-OH is 1. The molecule has 2 heterocycles. The summed E-state index contributed by atoms with van der Waals surface area (Å²) in [4.78, 5) is 15.0. The number of nitrogens with one attached hydrogen (secondary N) is 1. The van der Waals surface area contributed by atoms with Gasteiger partial charge in [0.1, 0.15) is 0 Å². The molecule has 0 amide bonds. The van der Waals surface area contributed by atoms with Gasteiger partial charge in [-0.15, -0.1) is 0 Å². The minimum Gasteiger partial charge on any atom is -0.463 e. The lowest BCUT2D eigenvalue weighted by Gasteiger charge is -2.26. The van der Waals surface area contributed by atoms with Gasteiger partial charge in [0, 0.05) is 33.2 Å². The maximum Gasteiger partial charge on any atom is 0.323 e. The highest BCUT2D eigenvalue weighted by atomic mass is 16.5. The standard InChI is InChI=1S/C12H21N5O2/c1-13-10-14-11(17-6-3-2-4-7-17)16-12(15-10)19-9-5-8-18/h18H,2-9H2,1H3,(H,13,14,15,16). The van der Waals surface area contributed by atoms with Crippen molar-refractivity contribution in [1.82, 2.24) is 15.0 Å². The van der Waals surface area contributed by atoms with E-state index in [4.69, 9.17) is 9.84 Å². The van der Waals surface area contributed by atoms with E-state index >= 15 is 0 Å². The summed E-state index contributed by atoms with van der Waals surface area (Å²) in [6.45, 7) is 2.46. The van der Waals surface area contributed by atoms with E-state index in [1.807, 2.05) is 0 Å². The van der Waals surface area contributed by atoms with Gasteiger partial charge in [-0.1, -0.05) is 0 Å². The normalized spacial score (nSPS) is 15.4. The van der Waals surface area contributed by atoms with E-state index in [1.54, 1.807) is 7.05 Å². The first-order valence-electron chi connectivity index (χ1n) is 6.76. The fourth-order valence-corrected chi connectivity index (χ4v) is 1.99. The van der Waals surface area contributed by atoms with Gasteiger partial charge in [0.2, 0.25) is 11.9 Å². The molecule has 1 saturated heterocycles. The Morgan fingerprint density at radius 3 is 2.68 bits per heavy atom. The number of aromatic nitrogens is 3. The Labute approximate surface area is 113 Å². The van der Waals surface area contributed by atoms with E-state index in [0.29, 0.717) is 30.9 Å². The van der Waals surface area contributed by atoms with Crippen LogP contribution in [0, 0.1) is 0 Å². The highest BCUT2D eigenvalue weighted by Gasteiger charge is 2.16. The summed E-state index contributed by atoms with van der Waals surface area (Å²) in [7, 11) is 1.77. The molecule has 1 aliphatic rings. The van der Waals surface area contributed by atoms with Gasteiger partial charge in [-0.3, -0.25) is 0 Å². The molecule has 0 saturated carbocycles. The second-order valence-electron chi connectivity index (χ2n) is 4.46. The molecule has 7 heteroatoms. The number of nitrogens with zero attached hydrogens (tertiary/aromatic N) is 4. The molecule has 0 aromatic carbocycles. The van der Waals surface area contributed by atoms with Crippen LogP contribution in [-0.2, 0) is 0 Å². The summed E-state index contributed by atoms with van der Waals surface area (Å²) in [6.07, 6.45) is 4.17. The third-order valence-corrected chi connectivity index (χ3v) is 3.00. The lowest BCUT2D eigenvalue weighted by molar-refractivity contribution is 0.224. The maximum atomic E-state index is 8.75. The zero-order chi connectivity index (χ0) is 13.5. The topological polar surface area (TPSA) is 83.4 Å². The van der Waals surface area contributed by atoms with Gasteiger partial charge in [0.15, 0.2) is 0 Å². The van der Waals surface area contributed by atoms with E-state index in [0.717, 1.165) is 13.1 Å². The molecule has 0 aliphatic carbocycles. The van der Waals surface area contributed by atoms with Crippen LogP contribution in [0.3, 0.4) is 0 Å². The Morgan fingerprint density at radius 2 is 2.00 bits per heavy atom. The molecule has 0 spiro atoms.